The Hall–Kier alpha value is -3.11. The van der Waals surface area contributed by atoms with E-state index in [1.807, 2.05) is 26.0 Å². The lowest BCUT2D eigenvalue weighted by atomic mass is 9.93. The maximum Gasteiger partial charge on any atom is 0.309 e. The molecular weight excluding hydrogens is 460 g/mol. The normalized spacial score (nSPS) is 20.1. The van der Waals surface area contributed by atoms with Crippen LogP contribution in [0.3, 0.4) is 0 Å². The summed E-state index contributed by atoms with van der Waals surface area (Å²) in [5.41, 5.74) is 3.46. The van der Waals surface area contributed by atoms with Gasteiger partial charge in [0.15, 0.2) is 5.82 Å². The number of tetrazole rings is 1. The molecule has 2 aromatic heterocycles. The standard InChI is InChI=1S/C26H34N6O4/c1-4-35-26(34)18-7-9-31(10-8-18)23(24-28-29-30-32(24)15-19-6-5-11-36-19)21-14-20-17(3)12-16(2)13-22(20)27-25(21)33/h12-14,18-19,23H,4-11,15H2,1-3H3,(H,27,33)/t19-,23-/m0/s1. The number of piperidine rings is 1. The fourth-order valence-corrected chi connectivity index (χ4v) is 5.56. The third-order valence-electron chi connectivity index (χ3n) is 7.36. The number of nitrogens with one attached hydrogen (secondary N) is 1. The number of aryl methyl sites for hydroxylation is 2. The minimum absolute atomic E-state index is 0.0579. The molecule has 5 rings (SSSR count). The maximum atomic E-state index is 13.5. The lowest BCUT2D eigenvalue weighted by Crippen LogP contribution is -2.42. The number of esters is 1. The van der Waals surface area contributed by atoms with E-state index < -0.39 is 6.04 Å². The quantitative estimate of drug-likeness (QED) is 0.499. The topological polar surface area (TPSA) is 115 Å². The van der Waals surface area contributed by atoms with Gasteiger partial charge in [-0.3, -0.25) is 14.5 Å². The molecule has 0 aliphatic carbocycles. The van der Waals surface area contributed by atoms with Gasteiger partial charge in [-0.1, -0.05) is 6.07 Å². The molecule has 36 heavy (non-hydrogen) atoms. The van der Waals surface area contributed by atoms with Crippen LogP contribution in [0.25, 0.3) is 10.9 Å². The molecule has 0 bridgehead atoms. The molecule has 10 nitrogen and oxygen atoms in total. The van der Waals surface area contributed by atoms with Gasteiger partial charge in [-0.05, 0) is 80.1 Å². The van der Waals surface area contributed by atoms with Gasteiger partial charge in [0.1, 0.15) is 6.04 Å². The second kappa shape index (κ2) is 10.5. The number of carbonyl (C=O) groups is 1. The zero-order chi connectivity index (χ0) is 25.2. The number of rotatable bonds is 7. The van der Waals surface area contributed by atoms with Crippen molar-refractivity contribution in [1.82, 2.24) is 30.1 Å². The third kappa shape index (κ3) is 4.92. The number of aromatic nitrogens is 5. The number of hydrogen-bond donors (Lipinski definition) is 1. The highest BCUT2D eigenvalue weighted by Gasteiger charge is 2.35. The van der Waals surface area contributed by atoms with E-state index in [-0.39, 0.29) is 23.6 Å². The van der Waals surface area contributed by atoms with Crippen LogP contribution in [0.4, 0.5) is 0 Å². The first kappa shape index (κ1) is 24.6. The number of pyridine rings is 1. The number of hydrogen-bond acceptors (Lipinski definition) is 8. The first-order valence-corrected chi connectivity index (χ1v) is 12.9. The summed E-state index contributed by atoms with van der Waals surface area (Å²) >= 11 is 0. The van der Waals surface area contributed by atoms with Crippen LogP contribution >= 0.6 is 0 Å². The van der Waals surface area contributed by atoms with Gasteiger partial charge in [0.05, 0.1) is 25.2 Å². The van der Waals surface area contributed by atoms with E-state index >= 15 is 0 Å². The van der Waals surface area contributed by atoms with Crippen LogP contribution in [0.1, 0.15) is 61.2 Å². The van der Waals surface area contributed by atoms with Crippen molar-refractivity contribution < 1.29 is 14.3 Å². The number of aromatic amines is 1. The minimum Gasteiger partial charge on any atom is -0.466 e. The summed E-state index contributed by atoms with van der Waals surface area (Å²) in [5.74, 6) is 0.339. The van der Waals surface area contributed by atoms with Crippen molar-refractivity contribution in [2.24, 2.45) is 5.92 Å². The van der Waals surface area contributed by atoms with Gasteiger partial charge in [-0.25, -0.2) is 4.68 Å². The van der Waals surface area contributed by atoms with E-state index in [9.17, 15) is 9.59 Å². The van der Waals surface area contributed by atoms with Crippen LogP contribution in [0.15, 0.2) is 23.0 Å². The molecule has 0 amide bonds. The SMILES string of the molecule is CCOC(=O)C1CCN([C@@H](c2cc3c(C)cc(C)cc3[nH]c2=O)c2nnnn2C[C@@H]2CCCO2)CC1. The summed E-state index contributed by atoms with van der Waals surface area (Å²) in [5, 5.41) is 13.7. The molecule has 2 aliphatic heterocycles. The van der Waals surface area contributed by atoms with Gasteiger partial charge >= 0.3 is 5.97 Å². The van der Waals surface area contributed by atoms with Crippen molar-refractivity contribution >= 4 is 16.9 Å². The smallest absolute Gasteiger partial charge is 0.309 e. The van der Waals surface area contributed by atoms with Crippen LogP contribution in [0.2, 0.25) is 0 Å². The van der Waals surface area contributed by atoms with Gasteiger partial charge in [0.2, 0.25) is 0 Å². The highest BCUT2D eigenvalue weighted by molar-refractivity contribution is 5.83. The van der Waals surface area contributed by atoms with Crippen LogP contribution < -0.4 is 5.56 Å². The number of nitrogens with zero attached hydrogens (tertiary/aromatic N) is 5. The number of carbonyl (C=O) groups excluding carboxylic acids is 1. The van der Waals surface area contributed by atoms with E-state index in [0.717, 1.165) is 41.5 Å². The molecule has 0 spiro atoms. The summed E-state index contributed by atoms with van der Waals surface area (Å²) in [6, 6.07) is 5.65. The van der Waals surface area contributed by atoms with Crippen molar-refractivity contribution in [1.29, 1.82) is 0 Å². The van der Waals surface area contributed by atoms with Crippen LogP contribution in [-0.4, -0.2) is 68.5 Å². The summed E-state index contributed by atoms with van der Waals surface area (Å²) in [4.78, 5) is 31.1. The number of ether oxygens (including phenoxy) is 2. The summed E-state index contributed by atoms with van der Waals surface area (Å²) in [6.07, 6.45) is 3.36. The Kier molecular flexibility index (Phi) is 7.15. The van der Waals surface area contributed by atoms with Crippen molar-refractivity contribution in [3.05, 3.63) is 51.1 Å². The Labute approximate surface area is 210 Å². The molecule has 0 saturated carbocycles. The lowest BCUT2D eigenvalue weighted by Gasteiger charge is -2.36. The zero-order valence-corrected chi connectivity index (χ0v) is 21.2. The Balaban J connectivity index is 1.54. The molecule has 3 aromatic rings. The molecule has 2 aliphatic rings. The van der Waals surface area contributed by atoms with Gasteiger partial charge in [0, 0.05) is 36.2 Å². The first-order valence-electron chi connectivity index (χ1n) is 12.9. The van der Waals surface area contributed by atoms with Crippen LogP contribution in [0, 0.1) is 19.8 Å². The molecule has 0 unspecified atom stereocenters. The van der Waals surface area contributed by atoms with Crippen LogP contribution in [-0.2, 0) is 20.8 Å². The molecule has 1 aromatic carbocycles. The molecule has 4 heterocycles. The summed E-state index contributed by atoms with van der Waals surface area (Å²) < 4.78 is 12.9. The van der Waals surface area contributed by atoms with Crippen molar-refractivity contribution in [2.75, 3.05) is 26.3 Å². The van der Waals surface area contributed by atoms with Crippen molar-refractivity contribution in [3.8, 4) is 0 Å². The molecule has 192 valence electrons. The number of fused-ring (bicyclic) bond motifs is 1. The van der Waals surface area contributed by atoms with E-state index in [4.69, 9.17) is 9.47 Å². The second-order valence-electron chi connectivity index (χ2n) is 9.92. The lowest BCUT2D eigenvalue weighted by molar-refractivity contribution is -0.149. The summed E-state index contributed by atoms with van der Waals surface area (Å²) in [6.45, 7) is 8.83. The highest BCUT2D eigenvalue weighted by Crippen LogP contribution is 2.32. The molecule has 0 radical (unpaired) electrons. The fourth-order valence-electron chi connectivity index (χ4n) is 5.56. The number of benzene rings is 1. The van der Waals surface area contributed by atoms with Gasteiger partial charge in [-0.15, -0.1) is 5.10 Å². The van der Waals surface area contributed by atoms with Crippen molar-refractivity contribution in [3.63, 3.8) is 0 Å². The molecule has 2 fully saturated rings. The largest absolute Gasteiger partial charge is 0.466 e. The Morgan fingerprint density at radius 3 is 2.75 bits per heavy atom. The van der Waals surface area contributed by atoms with E-state index in [2.05, 4.69) is 38.4 Å². The Morgan fingerprint density at radius 2 is 2.03 bits per heavy atom. The minimum atomic E-state index is -0.446. The fraction of sp³-hybridized carbons (Fsp3) is 0.577. The first-order chi connectivity index (χ1) is 17.4. The summed E-state index contributed by atoms with van der Waals surface area (Å²) in [7, 11) is 0. The Bertz CT molecular complexity index is 1290. The van der Waals surface area contributed by atoms with E-state index in [1.165, 1.54) is 0 Å². The predicted octanol–water partition coefficient (Wildman–Crippen LogP) is 2.67. The third-order valence-corrected chi connectivity index (χ3v) is 7.36. The molecular formula is C26H34N6O4. The second-order valence-corrected chi connectivity index (χ2v) is 9.92. The maximum absolute atomic E-state index is 13.5. The van der Waals surface area contributed by atoms with E-state index in [0.29, 0.717) is 50.5 Å². The van der Waals surface area contributed by atoms with Gasteiger partial charge < -0.3 is 14.5 Å². The van der Waals surface area contributed by atoms with E-state index in [1.54, 1.807) is 4.68 Å². The Morgan fingerprint density at radius 1 is 1.22 bits per heavy atom. The molecule has 1 N–H and O–H groups in total. The zero-order valence-electron chi connectivity index (χ0n) is 21.2. The molecule has 10 heteroatoms. The number of H-pyrrole nitrogens is 1. The average Bonchev–Trinajstić information content (AvgIpc) is 3.53. The average molecular weight is 495 g/mol. The number of likely N-dealkylation sites (tertiary alicyclic amines) is 1. The van der Waals surface area contributed by atoms with Crippen molar-refractivity contribution in [2.45, 2.75) is 65.1 Å². The molecule has 2 atom stereocenters. The monoisotopic (exact) mass is 494 g/mol. The molecule has 2 saturated heterocycles. The predicted molar refractivity (Wildman–Crippen MR) is 134 cm³/mol. The van der Waals surface area contributed by atoms with Gasteiger partial charge in [-0.2, -0.15) is 0 Å². The highest BCUT2D eigenvalue weighted by atomic mass is 16.5. The van der Waals surface area contributed by atoms with Gasteiger partial charge in [0.25, 0.3) is 5.56 Å². The van der Waals surface area contributed by atoms with Crippen LogP contribution in [0.5, 0.6) is 0 Å².